The standard InChI is InChI=1S/C20H14N6O2S/c27-26(28)16-10-6-9-15(13-16)22-23-19(14-7-2-1-3-8-14)24-25-20-21-17-11-4-5-12-18(17)29-20/h1-13,22H. The Balaban J connectivity index is 1.63. The average molecular weight is 402 g/mol. The van der Waals surface area contributed by atoms with Crippen molar-refractivity contribution in [3.05, 3.63) is 94.5 Å². The van der Waals surface area contributed by atoms with Crippen molar-refractivity contribution in [2.75, 3.05) is 5.43 Å². The van der Waals surface area contributed by atoms with E-state index in [0.29, 0.717) is 16.7 Å². The van der Waals surface area contributed by atoms with Crippen molar-refractivity contribution in [2.45, 2.75) is 0 Å². The SMILES string of the molecule is O=[N+]([O-])c1cccc(NN=C(N=Nc2nc3ccccc3s2)c2ccccc2)c1. The van der Waals surface area contributed by atoms with E-state index in [-0.39, 0.29) is 5.69 Å². The summed E-state index contributed by atoms with van der Waals surface area (Å²) in [5, 5.41) is 24.3. The molecule has 0 saturated heterocycles. The van der Waals surface area contributed by atoms with Crippen molar-refractivity contribution in [3.8, 4) is 0 Å². The van der Waals surface area contributed by atoms with Crippen LogP contribution >= 0.6 is 11.3 Å². The molecule has 0 radical (unpaired) electrons. The van der Waals surface area contributed by atoms with E-state index < -0.39 is 4.92 Å². The van der Waals surface area contributed by atoms with Crippen LogP contribution in [0.15, 0.2) is 94.2 Å². The van der Waals surface area contributed by atoms with Crippen LogP contribution in [-0.2, 0) is 0 Å². The highest BCUT2D eigenvalue weighted by Gasteiger charge is 2.07. The maximum Gasteiger partial charge on any atom is 0.271 e. The van der Waals surface area contributed by atoms with Gasteiger partial charge in [0.05, 0.1) is 20.8 Å². The topological polar surface area (TPSA) is 105 Å². The van der Waals surface area contributed by atoms with Crippen LogP contribution in [-0.4, -0.2) is 15.7 Å². The van der Waals surface area contributed by atoms with Crippen molar-refractivity contribution in [1.82, 2.24) is 4.98 Å². The molecule has 0 unspecified atom stereocenters. The minimum atomic E-state index is -0.458. The van der Waals surface area contributed by atoms with Crippen molar-refractivity contribution in [3.63, 3.8) is 0 Å². The molecule has 8 nitrogen and oxygen atoms in total. The number of amidine groups is 1. The van der Waals surface area contributed by atoms with E-state index in [1.54, 1.807) is 12.1 Å². The highest BCUT2D eigenvalue weighted by atomic mass is 32.1. The molecular weight excluding hydrogens is 388 g/mol. The molecule has 0 amide bonds. The molecule has 0 atom stereocenters. The number of benzene rings is 3. The van der Waals surface area contributed by atoms with Crippen molar-refractivity contribution >= 4 is 43.9 Å². The number of nitrogens with zero attached hydrogens (tertiary/aromatic N) is 5. The molecule has 4 rings (SSSR count). The lowest BCUT2D eigenvalue weighted by Crippen LogP contribution is -2.01. The van der Waals surface area contributed by atoms with Crippen LogP contribution in [0.4, 0.5) is 16.5 Å². The Morgan fingerprint density at radius 2 is 1.79 bits per heavy atom. The molecule has 1 N–H and O–H groups in total. The first kappa shape index (κ1) is 18.4. The smallest absolute Gasteiger partial charge is 0.271 e. The zero-order chi connectivity index (χ0) is 20.1. The molecule has 0 aliphatic rings. The number of rotatable bonds is 5. The van der Waals surface area contributed by atoms with Crippen LogP contribution in [0.1, 0.15) is 5.56 Å². The number of nitro benzene ring substituents is 1. The second-order valence-corrected chi connectivity index (χ2v) is 6.89. The molecule has 0 bridgehead atoms. The van der Waals surface area contributed by atoms with Crippen LogP contribution in [0, 0.1) is 10.1 Å². The molecule has 4 aromatic rings. The Bertz CT molecular complexity index is 1190. The van der Waals surface area contributed by atoms with Gasteiger partial charge in [0.1, 0.15) is 0 Å². The second-order valence-electron chi connectivity index (χ2n) is 5.88. The number of thiazole rings is 1. The minimum absolute atomic E-state index is 0.0254. The number of anilines is 1. The number of non-ortho nitro benzene ring substituents is 1. The van der Waals surface area contributed by atoms with Gasteiger partial charge in [-0.2, -0.15) is 5.10 Å². The Labute approximate surface area is 169 Å². The van der Waals surface area contributed by atoms with Gasteiger partial charge in [0.25, 0.3) is 5.69 Å². The lowest BCUT2D eigenvalue weighted by atomic mass is 10.2. The van der Waals surface area contributed by atoms with Gasteiger partial charge in [-0.05, 0) is 18.2 Å². The molecular formula is C20H14N6O2S. The Morgan fingerprint density at radius 1 is 1.00 bits per heavy atom. The lowest BCUT2D eigenvalue weighted by Gasteiger charge is -2.03. The van der Waals surface area contributed by atoms with Gasteiger partial charge in [0, 0.05) is 17.7 Å². The first-order valence-electron chi connectivity index (χ1n) is 8.60. The van der Waals surface area contributed by atoms with Gasteiger partial charge >= 0.3 is 0 Å². The minimum Gasteiger partial charge on any atom is -0.276 e. The molecule has 1 aromatic heterocycles. The van der Waals surface area contributed by atoms with E-state index in [2.05, 4.69) is 25.7 Å². The molecule has 142 valence electrons. The molecule has 0 saturated carbocycles. The number of nitro groups is 1. The van der Waals surface area contributed by atoms with Crippen LogP contribution in [0.5, 0.6) is 0 Å². The number of hydrazone groups is 1. The fraction of sp³-hybridized carbons (Fsp3) is 0. The summed E-state index contributed by atoms with van der Waals surface area (Å²) in [5.41, 5.74) is 4.87. The summed E-state index contributed by atoms with van der Waals surface area (Å²) in [6.07, 6.45) is 0. The summed E-state index contributed by atoms with van der Waals surface area (Å²) in [5.74, 6) is 0.330. The van der Waals surface area contributed by atoms with Crippen LogP contribution < -0.4 is 5.43 Å². The molecule has 0 spiro atoms. The number of hydrogen-bond acceptors (Lipinski definition) is 7. The van der Waals surface area contributed by atoms with Crippen LogP contribution in [0.3, 0.4) is 0 Å². The Kier molecular flexibility index (Phi) is 5.30. The normalized spacial score (nSPS) is 11.8. The maximum absolute atomic E-state index is 10.9. The quantitative estimate of drug-likeness (QED) is 0.150. The zero-order valence-corrected chi connectivity index (χ0v) is 15.8. The predicted molar refractivity (Wildman–Crippen MR) is 114 cm³/mol. The van der Waals surface area contributed by atoms with E-state index in [9.17, 15) is 10.1 Å². The van der Waals surface area contributed by atoms with E-state index in [1.807, 2.05) is 54.6 Å². The summed E-state index contributed by atoms with van der Waals surface area (Å²) in [6.45, 7) is 0. The maximum atomic E-state index is 10.9. The van der Waals surface area contributed by atoms with Crippen LogP contribution in [0.25, 0.3) is 10.2 Å². The zero-order valence-electron chi connectivity index (χ0n) is 15.0. The monoisotopic (exact) mass is 402 g/mol. The number of fused-ring (bicyclic) bond motifs is 1. The molecule has 3 aromatic carbocycles. The van der Waals surface area contributed by atoms with Gasteiger partial charge in [-0.1, -0.05) is 59.9 Å². The van der Waals surface area contributed by atoms with Gasteiger partial charge < -0.3 is 0 Å². The van der Waals surface area contributed by atoms with Gasteiger partial charge in [-0.25, -0.2) is 4.98 Å². The summed E-state index contributed by atoms with van der Waals surface area (Å²) in [4.78, 5) is 14.9. The first-order chi connectivity index (χ1) is 14.2. The average Bonchev–Trinajstić information content (AvgIpc) is 3.17. The van der Waals surface area contributed by atoms with E-state index in [4.69, 9.17) is 0 Å². The number of azo groups is 1. The largest absolute Gasteiger partial charge is 0.276 e. The number of nitrogens with one attached hydrogen (secondary N) is 1. The molecule has 1 heterocycles. The molecule has 0 fully saturated rings. The van der Waals surface area contributed by atoms with Crippen molar-refractivity contribution < 1.29 is 4.92 Å². The summed E-state index contributed by atoms with van der Waals surface area (Å²) in [6, 6.07) is 23.2. The molecule has 9 heteroatoms. The molecule has 0 aliphatic carbocycles. The highest BCUT2D eigenvalue weighted by Crippen LogP contribution is 2.28. The molecule has 0 aliphatic heterocycles. The van der Waals surface area contributed by atoms with E-state index in [0.717, 1.165) is 15.8 Å². The van der Waals surface area contributed by atoms with Gasteiger partial charge in [0.2, 0.25) is 11.0 Å². The third-order valence-electron chi connectivity index (χ3n) is 3.89. The number of aromatic nitrogens is 1. The summed E-state index contributed by atoms with van der Waals surface area (Å²) in [7, 11) is 0. The van der Waals surface area contributed by atoms with Gasteiger partial charge in [0.15, 0.2) is 0 Å². The van der Waals surface area contributed by atoms with Crippen molar-refractivity contribution in [2.24, 2.45) is 15.3 Å². The highest BCUT2D eigenvalue weighted by molar-refractivity contribution is 7.21. The number of para-hydroxylation sites is 1. The first-order valence-corrected chi connectivity index (χ1v) is 9.41. The fourth-order valence-electron chi connectivity index (χ4n) is 2.53. The second kappa shape index (κ2) is 8.36. The third kappa shape index (κ3) is 4.47. The van der Waals surface area contributed by atoms with Gasteiger partial charge in [-0.15, -0.1) is 10.2 Å². The Morgan fingerprint density at radius 3 is 2.59 bits per heavy atom. The number of hydrogen-bond donors (Lipinski definition) is 1. The van der Waals surface area contributed by atoms with Crippen molar-refractivity contribution in [1.29, 1.82) is 0 Å². The Hall–Kier alpha value is -3.98. The fourth-order valence-corrected chi connectivity index (χ4v) is 3.32. The predicted octanol–water partition coefficient (Wildman–Crippen LogP) is 5.76. The van der Waals surface area contributed by atoms with Gasteiger partial charge in [-0.3, -0.25) is 15.5 Å². The summed E-state index contributed by atoms with van der Waals surface area (Å²) < 4.78 is 1.02. The molecule has 29 heavy (non-hydrogen) atoms. The van der Waals surface area contributed by atoms with E-state index in [1.165, 1.54) is 23.5 Å². The van der Waals surface area contributed by atoms with E-state index >= 15 is 0 Å². The summed E-state index contributed by atoms with van der Waals surface area (Å²) >= 11 is 1.43. The third-order valence-corrected chi connectivity index (χ3v) is 4.81. The van der Waals surface area contributed by atoms with Crippen LogP contribution in [0.2, 0.25) is 0 Å². The lowest BCUT2D eigenvalue weighted by molar-refractivity contribution is -0.384.